The molecule has 0 saturated carbocycles. The first-order chi connectivity index (χ1) is 15.7. The van der Waals surface area contributed by atoms with Crippen LogP contribution in [0.2, 0.25) is 0 Å². The van der Waals surface area contributed by atoms with Gasteiger partial charge in [0.05, 0.1) is 22.9 Å². The number of halogens is 3. The number of nitrogens with one attached hydrogen (secondary N) is 3. The Balaban J connectivity index is 1.59. The van der Waals surface area contributed by atoms with Crippen LogP contribution in [0.1, 0.15) is 45.9 Å². The normalized spacial score (nSPS) is 17.5. The zero-order valence-corrected chi connectivity index (χ0v) is 18.3. The fourth-order valence-electron chi connectivity index (χ4n) is 4.16. The number of ether oxygens (including phenoxy) is 1. The standard InChI is InChI=1S/C23H27F3N4O3/c1-14-15(3-2-4-19(14)23(24,25)26)10-28-22(32)18-13-30(17-5-7-33-8-6-17)21(31)9-20(18)29-16-11-27-12-16/h2-4,9,13,16-17,27,29H,5-8,10-12H2,1H3,(H,28,32). The van der Waals surface area contributed by atoms with E-state index in [1.54, 1.807) is 16.8 Å². The van der Waals surface area contributed by atoms with Crippen molar-refractivity contribution in [1.29, 1.82) is 0 Å². The Morgan fingerprint density at radius 3 is 2.61 bits per heavy atom. The highest BCUT2D eigenvalue weighted by Crippen LogP contribution is 2.33. The van der Waals surface area contributed by atoms with Gasteiger partial charge in [-0.3, -0.25) is 9.59 Å². The monoisotopic (exact) mass is 464 g/mol. The molecule has 7 nitrogen and oxygen atoms in total. The van der Waals surface area contributed by atoms with Gasteiger partial charge in [0.1, 0.15) is 0 Å². The lowest BCUT2D eigenvalue weighted by Gasteiger charge is -2.30. The van der Waals surface area contributed by atoms with Crippen molar-refractivity contribution in [3.63, 3.8) is 0 Å². The fourth-order valence-corrected chi connectivity index (χ4v) is 4.16. The van der Waals surface area contributed by atoms with Gasteiger partial charge in [0, 0.05) is 51.2 Å². The summed E-state index contributed by atoms with van der Waals surface area (Å²) in [7, 11) is 0. The quantitative estimate of drug-likeness (QED) is 0.613. The molecule has 2 aliphatic heterocycles. The first-order valence-corrected chi connectivity index (χ1v) is 11.0. The predicted octanol–water partition coefficient (Wildman–Crippen LogP) is 2.84. The molecule has 3 N–H and O–H groups in total. The van der Waals surface area contributed by atoms with Crippen molar-refractivity contribution in [1.82, 2.24) is 15.2 Å². The molecule has 0 atom stereocenters. The molecule has 2 aliphatic rings. The number of amides is 1. The minimum Gasteiger partial charge on any atom is -0.381 e. The smallest absolute Gasteiger partial charge is 0.381 e. The van der Waals surface area contributed by atoms with Gasteiger partial charge in [-0.25, -0.2) is 0 Å². The number of rotatable bonds is 6. The van der Waals surface area contributed by atoms with Gasteiger partial charge in [-0.15, -0.1) is 0 Å². The largest absolute Gasteiger partial charge is 0.416 e. The van der Waals surface area contributed by atoms with Gasteiger partial charge in [-0.2, -0.15) is 13.2 Å². The molecule has 0 aliphatic carbocycles. The number of anilines is 1. The van der Waals surface area contributed by atoms with E-state index in [9.17, 15) is 22.8 Å². The molecule has 0 spiro atoms. The Labute approximate surface area is 189 Å². The summed E-state index contributed by atoms with van der Waals surface area (Å²) in [6.45, 7) is 3.85. The average Bonchev–Trinajstić information content (AvgIpc) is 2.75. The minimum absolute atomic E-state index is 0.0601. The molecule has 2 saturated heterocycles. The van der Waals surface area contributed by atoms with Crippen molar-refractivity contribution in [3.05, 3.63) is 63.1 Å². The molecular formula is C23H27F3N4O3. The van der Waals surface area contributed by atoms with Crippen LogP contribution >= 0.6 is 0 Å². The van der Waals surface area contributed by atoms with E-state index in [4.69, 9.17) is 4.74 Å². The summed E-state index contributed by atoms with van der Waals surface area (Å²) in [5, 5.41) is 9.09. The van der Waals surface area contributed by atoms with E-state index in [0.29, 0.717) is 50.4 Å². The molecule has 4 rings (SSSR count). The van der Waals surface area contributed by atoms with E-state index >= 15 is 0 Å². The zero-order valence-electron chi connectivity index (χ0n) is 18.3. The SMILES string of the molecule is Cc1c(CNC(=O)c2cn(C3CCOCC3)c(=O)cc2NC2CNC2)cccc1C(F)(F)F. The van der Waals surface area contributed by atoms with Gasteiger partial charge >= 0.3 is 6.18 Å². The van der Waals surface area contributed by atoms with Gasteiger partial charge in [0.15, 0.2) is 0 Å². The second kappa shape index (κ2) is 9.56. The summed E-state index contributed by atoms with van der Waals surface area (Å²) in [6.07, 6.45) is -1.56. The molecule has 2 fully saturated rings. The fraction of sp³-hybridized carbons (Fsp3) is 0.478. The molecule has 1 aromatic carbocycles. The molecule has 0 radical (unpaired) electrons. The number of carbonyl (C=O) groups excluding carboxylic acids is 1. The Morgan fingerprint density at radius 1 is 1.24 bits per heavy atom. The summed E-state index contributed by atoms with van der Waals surface area (Å²) in [6, 6.07) is 5.38. The Bertz CT molecular complexity index is 1070. The maximum absolute atomic E-state index is 13.2. The highest BCUT2D eigenvalue weighted by molar-refractivity contribution is 5.99. The van der Waals surface area contributed by atoms with Crippen LogP contribution in [0.5, 0.6) is 0 Å². The average molecular weight is 464 g/mol. The number of pyridine rings is 1. The molecular weight excluding hydrogens is 437 g/mol. The lowest BCUT2D eigenvalue weighted by atomic mass is 10.0. The van der Waals surface area contributed by atoms with Crippen LogP contribution in [0.25, 0.3) is 0 Å². The summed E-state index contributed by atoms with van der Waals surface area (Å²) < 4.78 is 46.6. The van der Waals surface area contributed by atoms with Gasteiger partial charge in [-0.1, -0.05) is 12.1 Å². The van der Waals surface area contributed by atoms with Crippen molar-refractivity contribution in [2.45, 2.75) is 44.6 Å². The van der Waals surface area contributed by atoms with Crippen LogP contribution in [-0.2, 0) is 17.5 Å². The minimum atomic E-state index is -4.46. The second-order valence-electron chi connectivity index (χ2n) is 8.46. The second-order valence-corrected chi connectivity index (χ2v) is 8.46. The first-order valence-electron chi connectivity index (χ1n) is 11.0. The third kappa shape index (κ3) is 5.22. The topological polar surface area (TPSA) is 84.4 Å². The molecule has 0 unspecified atom stereocenters. The van der Waals surface area contributed by atoms with Crippen LogP contribution in [0, 0.1) is 6.92 Å². The van der Waals surface area contributed by atoms with Crippen LogP contribution in [-0.4, -0.2) is 42.8 Å². The lowest BCUT2D eigenvalue weighted by molar-refractivity contribution is -0.138. The van der Waals surface area contributed by atoms with E-state index in [2.05, 4.69) is 16.0 Å². The lowest BCUT2D eigenvalue weighted by Crippen LogP contribution is -2.51. The van der Waals surface area contributed by atoms with E-state index < -0.39 is 17.6 Å². The summed E-state index contributed by atoms with van der Waals surface area (Å²) in [5.41, 5.74) is 0.250. The van der Waals surface area contributed by atoms with Gasteiger partial charge < -0.3 is 25.3 Å². The molecule has 1 aromatic heterocycles. The highest BCUT2D eigenvalue weighted by Gasteiger charge is 2.33. The molecule has 33 heavy (non-hydrogen) atoms. The predicted molar refractivity (Wildman–Crippen MR) is 117 cm³/mol. The summed E-state index contributed by atoms with van der Waals surface area (Å²) in [4.78, 5) is 25.9. The molecule has 10 heteroatoms. The number of carbonyl (C=O) groups is 1. The molecule has 178 valence electrons. The van der Waals surface area contributed by atoms with Gasteiger partial charge in [-0.05, 0) is 37.0 Å². The van der Waals surface area contributed by atoms with Crippen molar-refractivity contribution in [2.24, 2.45) is 0 Å². The molecule has 2 aromatic rings. The van der Waals surface area contributed by atoms with Crippen molar-refractivity contribution in [3.8, 4) is 0 Å². The number of nitrogens with zero attached hydrogens (tertiary/aromatic N) is 1. The van der Waals surface area contributed by atoms with Gasteiger partial charge in [0.25, 0.3) is 11.5 Å². The maximum atomic E-state index is 13.2. The van der Waals surface area contributed by atoms with Crippen LogP contribution in [0.15, 0.2) is 35.3 Å². The van der Waals surface area contributed by atoms with Gasteiger partial charge in [0.2, 0.25) is 0 Å². The van der Waals surface area contributed by atoms with E-state index in [0.717, 1.165) is 6.07 Å². The number of benzene rings is 1. The van der Waals surface area contributed by atoms with E-state index in [1.807, 2.05) is 0 Å². The Morgan fingerprint density at radius 2 is 1.97 bits per heavy atom. The van der Waals surface area contributed by atoms with Crippen molar-refractivity contribution < 1.29 is 22.7 Å². The molecule has 1 amide bonds. The maximum Gasteiger partial charge on any atom is 0.416 e. The number of aromatic nitrogens is 1. The van der Waals surface area contributed by atoms with Crippen LogP contribution < -0.4 is 21.5 Å². The Hall–Kier alpha value is -2.85. The number of hydrogen-bond donors (Lipinski definition) is 3. The van der Waals surface area contributed by atoms with Crippen molar-refractivity contribution >= 4 is 11.6 Å². The molecule has 0 bridgehead atoms. The number of hydrogen-bond acceptors (Lipinski definition) is 5. The zero-order chi connectivity index (χ0) is 23.6. The summed E-state index contributed by atoms with van der Waals surface area (Å²) >= 11 is 0. The molecule has 3 heterocycles. The van der Waals surface area contributed by atoms with Crippen molar-refractivity contribution in [2.75, 3.05) is 31.6 Å². The first kappa shape index (κ1) is 23.3. The van der Waals surface area contributed by atoms with Crippen LogP contribution in [0.3, 0.4) is 0 Å². The third-order valence-corrected chi connectivity index (χ3v) is 6.24. The van der Waals surface area contributed by atoms with E-state index in [-0.39, 0.29) is 35.3 Å². The van der Waals surface area contributed by atoms with E-state index in [1.165, 1.54) is 19.1 Å². The number of alkyl halides is 3. The highest BCUT2D eigenvalue weighted by atomic mass is 19.4. The third-order valence-electron chi connectivity index (χ3n) is 6.24. The Kier molecular flexibility index (Phi) is 6.76. The summed E-state index contributed by atoms with van der Waals surface area (Å²) in [5.74, 6) is -0.456. The van der Waals surface area contributed by atoms with Crippen LogP contribution in [0.4, 0.5) is 18.9 Å².